The second-order valence-corrected chi connectivity index (χ2v) is 10.6. The summed E-state index contributed by atoms with van der Waals surface area (Å²) >= 11 is 1.60. The molecule has 166 valence electrons. The number of fused-ring (bicyclic) bond motifs is 1. The number of nitrogens with zero attached hydrogens (tertiary/aromatic N) is 5. The molecule has 1 aliphatic rings. The number of rotatable bonds is 4. The standard InChI is InChI=1S/C22H23N5O3S2/c1-15-20(16(2)30-25-15)32(28,29)27-11-6-10-26(12-13-27)22-17-7-3-4-8-18(17)23-21(24-22)19-9-5-14-31-19/h3-5,7-9,14H,6,10-13H2,1-2H3. The van der Waals surface area contributed by atoms with E-state index in [1.807, 2.05) is 41.8 Å². The Labute approximate surface area is 190 Å². The van der Waals surface area contributed by atoms with Crippen molar-refractivity contribution in [2.24, 2.45) is 0 Å². The molecule has 1 aliphatic heterocycles. The van der Waals surface area contributed by atoms with Crippen molar-refractivity contribution in [2.45, 2.75) is 25.2 Å². The van der Waals surface area contributed by atoms with Gasteiger partial charge < -0.3 is 9.42 Å². The van der Waals surface area contributed by atoms with Crippen LogP contribution in [0, 0.1) is 13.8 Å². The van der Waals surface area contributed by atoms with Crippen LogP contribution in [0.1, 0.15) is 17.9 Å². The number of thiophene rings is 1. The van der Waals surface area contributed by atoms with Crippen molar-refractivity contribution >= 4 is 38.1 Å². The van der Waals surface area contributed by atoms with Gasteiger partial charge in [0.15, 0.2) is 11.6 Å². The maximum Gasteiger partial charge on any atom is 0.248 e. The van der Waals surface area contributed by atoms with Crippen molar-refractivity contribution in [3.05, 3.63) is 53.2 Å². The second-order valence-electron chi connectivity index (χ2n) is 7.76. The third-order valence-corrected chi connectivity index (χ3v) is 8.65. The van der Waals surface area contributed by atoms with Gasteiger partial charge in [0.05, 0.1) is 10.4 Å². The smallest absolute Gasteiger partial charge is 0.248 e. The highest BCUT2D eigenvalue weighted by Gasteiger charge is 2.32. The largest absolute Gasteiger partial charge is 0.360 e. The van der Waals surface area contributed by atoms with E-state index >= 15 is 0 Å². The number of para-hydroxylation sites is 1. The molecule has 0 bridgehead atoms. The number of aryl methyl sites for hydroxylation is 2. The highest BCUT2D eigenvalue weighted by atomic mass is 32.2. The van der Waals surface area contributed by atoms with Crippen molar-refractivity contribution in [3.63, 3.8) is 0 Å². The SMILES string of the molecule is Cc1noc(C)c1S(=O)(=O)N1CCCN(c2nc(-c3cccs3)nc3ccccc23)CC1. The Morgan fingerprint density at radius 1 is 1.00 bits per heavy atom. The molecule has 0 saturated carbocycles. The van der Waals surface area contributed by atoms with Gasteiger partial charge in [-0.3, -0.25) is 0 Å². The third kappa shape index (κ3) is 3.68. The van der Waals surface area contributed by atoms with Crippen LogP contribution in [0.15, 0.2) is 51.2 Å². The fourth-order valence-corrected chi connectivity index (χ4v) is 6.55. The first-order valence-electron chi connectivity index (χ1n) is 10.4. The summed E-state index contributed by atoms with van der Waals surface area (Å²) in [5.41, 5.74) is 1.27. The molecule has 1 fully saturated rings. The van der Waals surface area contributed by atoms with E-state index in [1.54, 1.807) is 25.2 Å². The zero-order valence-electron chi connectivity index (χ0n) is 17.9. The van der Waals surface area contributed by atoms with E-state index in [0.29, 0.717) is 49.9 Å². The van der Waals surface area contributed by atoms with Gasteiger partial charge in [-0.1, -0.05) is 23.4 Å². The first-order valence-corrected chi connectivity index (χ1v) is 12.8. The van der Waals surface area contributed by atoms with Crippen LogP contribution in [0.4, 0.5) is 5.82 Å². The van der Waals surface area contributed by atoms with E-state index in [-0.39, 0.29) is 4.90 Å². The number of hydrogen-bond donors (Lipinski definition) is 0. The molecule has 32 heavy (non-hydrogen) atoms. The summed E-state index contributed by atoms with van der Waals surface area (Å²) in [6, 6.07) is 12.0. The van der Waals surface area contributed by atoms with Crippen LogP contribution in [0.2, 0.25) is 0 Å². The fraction of sp³-hybridized carbons (Fsp3) is 0.318. The number of anilines is 1. The summed E-state index contributed by atoms with van der Waals surface area (Å²) in [6.45, 7) is 5.33. The Morgan fingerprint density at radius 2 is 1.84 bits per heavy atom. The average molecular weight is 470 g/mol. The van der Waals surface area contributed by atoms with Gasteiger partial charge in [-0.2, -0.15) is 4.31 Å². The lowest BCUT2D eigenvalue weighted by molar-refractivity contribution is 0.389. The fourth-order valence-electron chi connectivity index (χ4n) is 4.13. The molecule has 4 heterocycles. The van der Waals surface area contributed by atoms with Crippen LogP contribution in [0.25, 0.3) is 21.6 Å². The molecular formula is C22H23N5O3S2. The van der Waals surface area contributed by atoms with E-state index in [4.69, 9.17) is 14.5 Å². The van der Waals surface area contributed by atoms with Gasteiger partial charge in [0.1, 0.15) is 16.4 Å². The number of sulfonamides is 1. The van der Waals surface area contributed by atoms with Crippen LogP contribution < -0.4 is 4.90 Å². The van der Waals surface area contributed by atoms with Gasteiger partial charge in [0, 0.05) is 31.6 Å². The van der Waals surface area contributed by atoms with Gasteiger partial charge >= 0.3 is 0 Å². The van der Waals surface area contributed by atoms with Crippen molar-refractivity contribution in [2.75, 3.05) is 31.1 Å². The highest BCUT2D eigenvalue weighted by molar-refractivity contribution is 7.89. The van der Waals surface area contributed by atoms with Crippen LogP contribution in [-0.2, 0) is 10.0 Å². The summed E-state index contributed by atoms with van der Waals surface area (Å²) in [7, 11) is -3.68. The monoisotopic (exact) mass is 469 g/mol. The molecule has 10 heteroatoms. The lowest BCUT2D eigenvalue weighted by Crippen LogP contribution is -2.36. The zero-order valence-corrected chi connectivity index (χ0v) is 19.5. The molecule has 0 unspecified atom stereocenters. The van der Waals surface area contributed by atoms with Gasteiger partial charge in [-0.25, -0.2) is 18.4 Å². The predicted octanol–water partition coefficient (Wildman–Crippen LogP) is 3.86. The minimum absolute atomic E-state index is 0.179. The summed E-state index contributed by atoms with van der Waals surface area (Å²) < 4.78 is 33.2. The van der Waals surface area contributed by atoms with E-state index < -0.39 is 10.0 Å². The molecule has 4 aromatic rings. The van der Waals surface area contributed by atoms with Gasteiger partial charge in [-0.05, 0) is 43.8 Å². The molecule has 1 saturated heterocycles. The topological polar surface area (TPSA) is 92.4 Å². The Bertz CT molecular complexity index is 1350. The number of hydrogen-bond acceptors (Lipinski definition) is 8. The number of aromatic nitrogens is 3. The summed E-state index contributed by atoms with van der Waals surface area (Å²) in [5.74, 6) is 1.86. The highest BCUT2D eigenvalue weighted by Crippen LogP contribution is 2.31. The molecule has 5 rings (SSSR count). The van der Waals surface area contributed by atoms with E-state index in [2.05, 4.69) is 10.1 Å². The Balaban J connectivity index is 1.49. The van der Waals surface area contributed by atoms with Gasteiger partial charge in [0.25, 0.3) is 0 Å². The average Bonchev–Trinajstić information content (AvgIpc) is 3.36. The molecule has 3 aromatic heterocycles. The third-order valence-electron chi connectivity index (χ3n) is 5.64. The van der Waals surface area contributed by atoms with Crippen molar-refractivity contribution in [3.8, 4) is 10.7 Å². The predicted molar refractivity (Wildman–Crippen MR) is 124 cm³/mol. The molecule has 0 radical (unpaired) electrons. The Morgan fingerprint density at radius 3 is 2.59 bits per heavy atom. The lowest BCUT2D eigenvalue weighted by Gasteiger charge is -2.24. The molecule has 0 spiro atoms. The first kappa shape index (κ1) is 21.0. The quantitative estimate of drug-likeness (QED) is 0.448. The maximum absolute atomic E-state index is 13.3. The lowest BCUT2D eigenvalue weighted by atomic mass is 10.2. The first-order chi connectivity index (χ1) is 15.4. The minimum Gasteiger partial charge on any atom is -0.360 e. The van der Waals surface area contributed by atoms with Crippen molar-refractivity contribution < 1.29 is 12.9 Å². The molecule has 0 amide bonds. The van der Waals surface area contributed by atoms with Crippen LogP contribution >= 0.6 is 11.3 Å². The van der Waals surface area contributed by atoms with E-state index in [9.17, 15) is 8.42 Å². The minimum atomic E-state index is -3.68. The Kier molecular flexibility index (Phi) is 5.44. The molecule has 0 atom stereocenters. The molecule has 0 aliphatic carbocycles. The van der Waals surface area contributed by atoms with Crippen LogP contribution in [0.3, 0.4) is 0 Å². The molecule has 8 nitrogen and oxygen atoms in total. The number of benzene rings is 1. The van der Waals surface area contributed by atoms with Gasteiger partial charge in [-0.15, -0.1) is 11.3 Å². The van der Waals surface area contributed by atoms with Crippen LogP contribution in [0.5, 0.6) is 0 Å². The van der Waals surface area contributed by atoms with Crippen molar-refractivity contribution in [1.82, 2.24) is 19.4 Å². The van der Waals surface area contributed by atoms with E-state index in [0.717, 1.165) is 21.6 Å². The van der Waals surface area contributed by atoms with Gasteiger partial charge in [0.2, 0.25) is 10.0 Å². The zero-order chi connectivity index (χ0) is 22.3. The summed E-state index contributed by atoms with van der Waals surface area (Å²) in [6.07, 6.45) is 0.690. The second kappa shape index (κ2) is 8.27. The summed E-state index contributed by atoms with van der Waals surface area (Å²) in [4.78, 5) is 13.0. The Hall–Kier alpha value is -2.82. The maximum atomic E-state index is 13.3. The molecule has 0 N–H and O–H groups in total. The normalized spacial score (nSPS) is 15.9. The summed E-state index contributed by atoms with van der Waals surface area (Å²) in [5, 5.41) is 6.80. The van der Waals surface area contributed by atoms with Crippen LogP contribution in [-0.4, -0.2) is 54.0 Å². The van der Waals surface area contributed by atoms with Crippen molar-refractivity contribution in [1.29, 1.82) is 0 Å². The molecular weight excluding hydrogens is 446 g/mol. The molecule has 1 aromatic carbocycles. The van der Waals surface area contributed by atoms with E-state index in [1.165, 1.54) is 4.31 Å².